The minimum atomic E-state index is -0.306. The molecule has 3 aromatic rings. The summed E-state index contributed by atoms with van der Waals surface area (Å²) in [6.45, 7) is 7.29. The second-order valence-electron chi connectivity index (χ2n) is 6.97. The van der Waals surface area contributed by atoms with Crippen LogP contribution in [0.3, 0.4) is 0 Å². The highest BCUT2D eigenvalue weighted by atomic mass is 32.2. The van der Waals surface area contributed by atoms with Crippen molar-refractivity contribution in [2.75, 3.05) is 18.7 Å². The lowest BCUT2D eigenvalue weighted by molar-refractivity contribution is 0.404. The monoisotopic (exact) mass is 392 g/mol. The number of hydrogen-bond acceptors (Lipinski definition) is 3. The molecule has 0 aromatic heterocycles. The zero-order valence-electron chi connectivity index (χ0n) is 17.2. The zero-order valence-corrected chi connectivity index (χ0v) is 18.1. The molecule has 146 valence electrons. The maximum absolute atomic E-state index is 5.51. The van der Waals surface area contributed by atoms with Crippen LogP contribution in [0.25, 0.3) is 0 Å². The maximum Gasteiger partial charge on any atom is 0.133 e. The maximum atomic E-state index is 5.51. The molecule has 1 atom stereocenters. The average molecular weight is 393 g/mol. The number of rotatable bonds is 6. The fraction of sp³-hybridized carbons (Fsp3) is 0.250. The third kappa shape index (κ3) is 4.63. The summed E-state index contributed by atoms with van der Waals surface area (Å²) in [5, 5.41) is 3.60. The third-order valence-electron chi connectivity index (χ3n) is 4.82. The fourth-order valence-electron chi connectivity index (χ4n) is 3.43. The average Bonchev–Trinajstić information content (AvgIpc) is 2.68. The Bertz CT molecular complexity index is 988. The number of nitrogens with one attached hydrogen (secondary N) is 1. The third-order valence-corrected chi connectivity index (χ3v) is 6.27. The van der Waals surface area contributed by atoms with Crippen LogP contribution >= 0.6 is 0 Å². The van der Waals surface area contributed by atoms with Crippen LogP contribution in [-0.2, 0) is 17.2 Å². The SMILES string of the molecule is COc1ccccc1S(C)=Nc1ccccc1NCc1c(C)cc(C)cc1C. The van der Waals surface area contributed by atoms with Crippen molar-refractivity contribution in [3.63, 3.8) is 0 Å². The van der Waals surface area contributed by atoms with Gasteiger partial charge in [-0.1, -0.05) is 52.7 Å². The van der Waals surface area contributed by atoms with E-state index in [4.69, 9.17) is 9.10 Å². The zero-order chi connectivity index (χ0) is 20.1. The summed E-state index contributed by atoms with van der Waals surface area (Å²) in [6, 6.07) is 20.8. The number of aryl methyl sites for hydroxylation is 3. The smallest absolute Gasteiger partial charge is 0.133 e. The molecule has 3 nitrogen and oxygen atoms in total. The number of anilines is 1. The molecular formula is C24H28N2OS. The van der Waals surface area contributed by atoms with Crippen LogP contribution in [-0.4, -0.2) is 13.4 Å². The van der Waals surface area contributed by atoms with E-state index in [-0.39, 0.29) is 10.7 Å². The minimum absolute atomic E-state index is 0.306. The number of methoxy groups -OCH3 is 1. The Kier molecular flexibility index (Phi) is 6.53. The molecule has 0 aliphatic carbocycles. The summed E-state index contributed by atoms with van der Waals surface area (Å²) < 4.78 is 10.5. The number of ether oxygens (including phenoxy) is 1. The first kappa shape index (κ1) is 20.2. The van der Waals surface area contributed by atoms with Crippen molar-refractivity contribution >= 4 is 22.1 Å². The van der Waals surface area contributed by atoms with Gasteiger partial charge < -0.3 is 10.1 Å². The van der Waals surface area contributed by atoms with Gasteiger partial charge in [-0.2, -0.15) is 0 Å². The van der Waals surface area contributed by atoms with Crippen molar-refractivity contribution < 1.29 is 4.74 Å². The lowest BCUT2D eigenvalue weighted by Gasteiger charge is -2.15. The summed E-state index contributed by atoms with van der Waals surface area (Å²) in [4.78, 5) is 1.12. The van der Waals surface area contributed by atoms with Gasteiger partial charge in [-0.25, -0.2) is 4.36 Å². The van der Waals surface area contributed by atoms with Crippen molar-refractivity contribution in [1.29, 1.82) is 0 Å². The van der Waals surface area contributed by atoms with Crippen molar-refractivity contribution in [3.8, 4) is 5.75 Å². The van der Waals surface area contributed by atoms with Gasteiger partial charge in [-0.15, -0.1) is 0 Å². The van der Waals surface area contributed by atoms with Gasteiger partial charge in [0.25, 0.3) is 0 Å². The molecule has 1 unspecified atom stereocenters. The van der Waals surface area contributed by atoms with Crippen LogP contribution in [0.2, 0.25) is 0 Å². The van der Waals surface area contributed by atoms with E-state index in [1.54, 1.807) is 7.11 Å². The number of para-hydroxylation sites is 2. The molecule has 3 aromatic carbocycles. The molecule has 0 saturated carbocycles. The van der Waals surface area contributed by atoms with Crippen LogP contribution in [0.1, 0.15) is 22.3 Å². The number of hydrogen-bond donors (Lipinski definition) is 1. The first-order valence-electron chi connectivity index (χ1n) is 9.40. The Labute approximate surface area is 170 Å². The van der Waals surface area contributed by atoms with Gasteiger partial charge >= 0.3 is 0 Å². The summed E-state index contributed by atoms with van der Waals surface area (Å²) in [5.41, 5.74) is 7.33. The van der Waals surface area contributed by atoms with Crippen molar-refractivity contribution in [2.45, 2.75) is 32.2 Å². The fourth-order valence-corrected chi connectivity index (χ4v) is 4.71. The Morgan fingerprint density at radius 2 is 1.57 bits per heavy atom. The van der Waals surface area contributed by atoms with Gasteiger partial charge in [0.05, 0.1) is 23.4 Å². The Morgan fingerprint density at radius 1 is 0.929 bits per heavy atom. The molecule has 0 aliphatic rings. The standard InChI is InChI=1S/C24H28N2OS/c1-17-14-18(2)20(19(3)15-17)16-25-21-10-6-7-11-22(21)26-28(5)24-13-9-8-12-23(24)27-4/h6-15,25H,16H2,1-5H3. The Morgan fingerprint density at radius 3 is 2.29 bits per heavy atom. The van der Waals surface area contributed by atoms with Crippen LogP contribution in [0.5, 0.6) is 5.75 Å². The molecule has 0 spiro atoms. The molecule has 0 saturated heterocycles. The van der Waals surface area contributed by atoms with Crippen LogP contribution in [0.4, 0.5) is 11.4 Å². The Hall–Kier alpha value is -2.59. The number of nitrogens with zero attached hydrogens (tertiary/aromatic N) is 1. The molecule has 4 heteroatoms. The van der Waals surface area contributed by atoms with Gasteiger partial charge in [0, 0.05) is 6.54 Å². The predicted molar refractivity (Wildman–Crippen MR) is 121 cm³/mol. The van der Waals surface area contributed by atoms with Gasteiger partial charge in [-0.3, -0.25) is 0 Å². The summed E-state index contributed by atoms with van der Waals surface area (Å²) >= 11 is 0. The molecular weight excluding hydrogens is 364 g/mol. The van der Waals surface area contributed by atoms with Crippen molar-refractivity contribution in [2.24, 2.45) is 4.36 Å². The lowest BCUT2D eigenvalue weighted by Crippen LogP contribution is -2.04. The summed E-state index contributed by atoms with van der Waals surface area (Å²) in [7, 11) is 1.40. The molecule has 0 amide bonds. The Balaban J connectivity index is 1.88. The van der Waals surface area contributed by atoms with Gasteiger partial charge in [0.15, 0.2) is 0 Å². The predicted octanol–water partition coefficient (Wildman–Crippen LogP) is 6.35. The topological polar surface area (TPSA) is 33.6 Å². The van der Waals surface area contributed by atoms with Crippen molar-refractivity contribution in [1.82, 2.24) is 0 Å². The van der Waals surface area contributed by atoms with Crippen LogP contribution in [0.15, 0.2) is 69.9 Å². The summed E-state index contributed by atoms with van der Waals surface area (Å²) in [6.07, 6.45) is 2.13. The van der Waals surface area contributed by atoms with Gasteiger partial charge in [-0.05, 0) is 68.0 Å². The van der Waals surface area contributed by atoms with E-state index in [9.17, 15) is 0 Å². The summed E-state index contributed by atoms with van der Waals surface area (Å²) in [5.74, 6) is 0.883. The second kappa shape index (κ2) is 9.07. The van der Waals surface area contributed by atoms with E-state index in [0.29, 0.717) is 0 Å². The highest BCUT2D eigenvalue weighted by Crippen LogP contribution is 2.30. The first-order valence-corrected chi connectivity index (χ1v) is 11.0. The molecule has 0 radical (unpaired) electrons. The van der Waals surface area contributed by atoms with Crippen LogP contribution in [0, 0.1) is 20.8 Å². The molecule has 0 bridgehead atoms. The lowest BCUT2D eigenvalue weighted by atomic mass is 10.00. The van der Waals surface area contributed by atoms with E-state index < -0.39 is 0 Å². The largest absolute Gasteiger partial charge is 0.496 e. The molecule has 3 rings (SSSR count). The molecule has 0 heterocycles. The van der Waals surface area contributed by atoms with E-state index in [1.165, 1.54) is 22.3 Å². The molecule has 28 heavy (non-hydrogen) atoms. The molecule has 0 fully saturated rings. The van der Waals surface area contributed by atoms with E-state index in [2.05, 4.69) is 62.7 Å². The van der Waals surface area contributed by atoms with E-state index in [1.807, 2.05) is 30.3 Å². The minimum Gasteiger partial charge on any atom is -0.496 e. The first-order chi connectivity index (χ1) is 13.5. The van der Waals surface area contributed by atoms with E-state index in [0.717, 1.165) is 28.6 Å². The second-order valence-corrected chi connectivity index (χ2v) is 8.55. The van der Waals surface area contributed by atoms with E-state index >= 15 is 0 Å². The quantitative estimate of drug-likeness (QED) is 0.530. The molecule has 0 aliphatic heterocycles. The molecule has 1 N–H and O–H groups in total. The highest BCUT2D eigenvalue weighted by Gasteiger charge is 2.08. The van der Waals surface area contributed by atoms with Gasteiger partial charge in [0.2, 0.25) is 0 Å². The van der Waals surface area contributed by atoms with Crippen LogP contribution < -0.4 is 10.1 Å². The number of benzene rings is 3. The highest BCUT2D eigenvalue weighted by molar-refractivity contribution is 7.86. The van der Waals surface area contributed by atoms with Gasteiger partial charge in [0.1, 0.15) is 5.75 Å². The van der Waals surface area contributed by atoms with Crippen molar-refractivity contribution in [3.05, 3.63) is 82.9 Å². The normalized spacial score (nSPS) is 12.0.